The molecule has 6 nitrogen and oxygen atoms in total. The molecule has 1 amide bonds. The number of aromatic nitrogens is 2. The van der Waals surface area contributed by atoms with Crippen LogP contribution >= 0.6 is 0 Å². The van der Waals surface area contributed by atoms with Gasteiger partial charge in [0.25, 0.3) is 5.91 Å². The van der Waals surface area contributed by atoms with Crippen LogP contribution in [-0.2, 0) is 6.54 Å². The summed E-state index contributed by atoms with van der Waals surface area (Å²) in [5.41, 5.74) is 1.61. The molecule has 1 saturated carbocycles. The van der Waals surface area contributed by atoms with Crippen molar-refractivity contribution in [3.05, 3.63) is 29.6 Å². The van der Waals surface area contributed by atoms with Gasteiger partial charge in [0.2, 0.25) is 5.92 Å². The minimum absolute atomic E-state index is 0.0549. The third-order valence-electron chi connectivity index (χ3n) is 6.96. The van der Waals surface area contributed by atoms with Gasteiger partial charge >= 0.3 is 0 Å². The molecule has 2 heterocycles. The van der Waals surface area contributed by atoms with E-state index in [2.05, 4.69) is 4.98 Å². The Labute approximate surface area is 199 Å². The second kappa shape index (κ2) is 9.36. The molecule has 1 aliphatic heterocycles. The van der Waals surface area contributed by atoms with Gasteiger partial charge in [0.15, 0.2) is 11.6 Å². The molecule has 1 N–H and O–H groups in total. The summed E-state index contributed by atoms with van der Waals surface area (Å²) in [7, 11) is 0. The van der Waals surface area contributed by atoms with Crippen molar-refractivity contribution in [3.63, 3.8) is 0 Å². The Balaban J connectivity index is 1.64. The van der Waals surface area contributed by atoms with Crippen molar-refractivity contribution < 1.29 is 23.5 Å². The van der Waals surface area contributed by atoms with E-state index in [1.807, 2.05) is 31.4 Å². The second-order valence-corrected chi connectivity index (χ2v) is 11.2. The van der Waals surface area contributed by atoms with Crippen LogP contribution in [0.25, 0.3) is 11.0 Å². The van der Waals surface area contributed by atoms with Gasteiger partial charge in [0.05, 0.1) is 17.1 Å². The lowest BCUT2D eigenvalue weighted by atomic mass is 9.86. The Morgan fingerprint density at radius 3 is 2.38 bits per heavy atom. The zero-order valence-electron chi connectivity index (χ0n) is 20.3. The Kier molecular flexibility index (Phi) is 6.82. The van der Waals surface area contributed by atoms with Crippen LogP contribution in [0.5, 0.6) is 0 Å². The predicted molar refractivity (Wildman–Crippen MR) is 126 cm³/mol. The number of alkyl halides is 2. The minimum atomic E-state index is -2.60. The van der Waals surface area contributed by atoms with E-state index in [4.69, 9.17) is 0 Å². The summed E-state index contributed by atoms with van der Waals surface area (Å²) in [4.78, 5) is 32.6. The summed E-state index contributed by atoms with van der Waals surface area (Å²) in [6.07, 6.45) is 1.66. The van der Waals surface area contributed by atoms with E-state index < -0.39 is 5.92 Å². The van der Waals surface area contributed by atoms with Gasteiger partial charge in [-0.25, -0.2) is 13.8 Å². The summed E-state index contributed by atoms with van der Waals surface area (Å²) in [6.45, 7) is 7.46. The number of nitrogens with zero attached hydrogens (tertiary/aromatic N) is 3. The van der Waals surface area contributed by atoms with Crippen molar-refractivity contribution in [3.8, 4) is 0 Å². The lowest BCUT2D eigenvalue weighted by molar-refractivity contribution is -0.0472. The lowest BCUT2D eigenvalue weighted by Crippen LogP contribution is -2.40. The van der Waals surface area contributed by atoms with Gasteiger partial charge in [0, 0.05) is 44.5 Å². The molecule has 1 aromatic heterocycles. The van der Waals surface area contributed by atoms with Crippen LogP contribution in [0.15, 0.2) is 18.2 Å². The molecular formula is C26H35F2N3O3. The van der Waals surface area contributed by atoms with E-state index in [-0.39, 0.29) is 42.0 Å². The van der Waals surface area contributed by atoms with Crippen LogP contribution in [-0.4, -0.2) is 56.4 Å². The van der Waals surface area contributed by atoms with Gasteiger partial charge in [-0.2, -0.15) is 0 Å². The lowest BCUT2D eigenvalue weighted by Gasteiger charge is -2.29. The van der Waals surface area contributed by atoms with Gasteiger partial charge in [-0.15, -0.1) is 0 Å². The molecule has 1 saturated heterocycles. The number of piperidine rings is 1. The third kappa shape index (κ3) is 5.65. The number of carbonyl (C=O) groups excluding carboxylic acids is 2. The molecule has 4 rings (SSSR count). The normalized spacial score (nSPS) is 20.1. The Morgan fingerprint density at radius 2 is 1.76 bits per heavy atom. The maximum Gasteiger partial charge on any atom is 0.253 e. The fourth-order valence-corrected chi connectivity index (χ4v) is 5.01. The average molecular weight is 476 g/mol. The summed E-state index contributed by atoms with van der Waals surface area (Å²) in [6, 6.07) is 5.29. The fourth-order valence-electron chi connectivity index (χ4n) is 5.01. The summed E-state index contributed by atoms with van der Waals surface area (Å²) >= 11 is 0. The number of hydrogen-bond donors (Lipinski definition) is 1. The van der Waals surface area contributed by atoms with E-state index in [0.717, 1.165) is 5.52 Å². The number of Topliss-reactive ketones (excluding diaryl/α,β-unsaturated/α-hetero) is 1. The largest absolute Gasteiger partial charge is 0.393 e. The Hall–Kier alpha value is -2.35. The van der Waals surface area contributed by atoms with Crippen molar-refractivity contribution in [2.45, 2.75) is 84.3 Å². The smallest absolute Gasteiger partial charge is 0.253 e. The van der Waals surface area contributed by atoms with Gasteiger partial charge in [-0.3, -0.25) is 9.59 Å². The highest BCUT2D eigenvalue weighted by atomic mass is 19.3. The molecular weight excluding hydrogens is 440 g/mol. The summed E-state index contributed by atoms with van der Waals surface area (Å²) in [5, 5.41) is 9.73. The average Bonchev–Trinajstić information content (AvgIpc) is 3.12. The second-order valence-electron chi connectivity index (χ2n) is 11.2. The molecule has 0 atom stereocenters. The molecule has 0 radical (unpaired) electrons. The van der Waals surface area contributed by atoms with E-state index in [9.17, 15) is 23.5 Å². The van der Waals surface area contributed by atoms with Crippen molar-refractivity contribution in [2.24, 2.45) is 11.3 Å². The topological polar surface area (TPSA) is 75.4 Å². The van der Waals surface area contributed by atoms with E-state index in [1.165, 1.54) is 0 Å². The quantitative estimate of drug-likeness (QED) is 0.612. The number of aliphatic hydroxyl groups excluding tert-OH is 1. The highest BCUT2D eigenvalue weighted by Gasteiger charge is 2.35. The monoisotopic (exact) mass is 475 g/mol. The van der Waals surface area contributed by atoms with E-state index >= 15 is 0 Å². The van der Waals surface area contributed by atoms with E-state index in [0.29, 0.717) is 68.6 Å². The molecule has 2 fully saturated rings. The minimum Gasteiger partial charge on any atom is -0.393 e. The Morgan fingerprint density at radius 1 is 1.12 bits per heavy atom. The highest BCUT2D eigenvalue weighted by Crippen LogP contribution is 2.37. The van der Waals surface area contributed by atoms with Crippen LogP contribution in [0.4, 0.5) is 8.78 Å². The number of amides is 1. The molecule has 0 spiro atoms. The first-order valence-electron chi connectivity index (χ1n) is 12.3. The number of likely N-dealkylation sites (tertiary alicyclic amines) is 1. The molecule has 0 unspecified atom stereocenters. The Bertz CT molecular complexity index is 1060. The number of carbonyl (C=O) groups is 2. The van der Waals surface area contributed by atoms with Crippen molar-refractivity contribution in [2.75, 3.05) is 13.1 Å². The van der Waals surface area contributed by atoms with Crippen molar-refractivity contribution >= 4 is 22.7 Å². The number of fused-ring (bicyclic) bond motifs is 1. The molecule has 186 valence electrons. The van der Waals surface area contributed by atoms with Gasteiger partial charge in [0.1, 0.15) is 0 Å². The third-order valence-corrected chi connectivity index (χ3v) is 6.96. The molecule has 1 aromatic carbocycles. The van der Waals surface area contributed by atoms with Crippen molar-refractivity contribution in [1.29, 1.82) is 0 Å². The first-order chi connectivity index (χ1) is 15.9. The first kappa shape index (κ1) is 24.8. The summed E-state index contributed by atoms with van der Waals surface area (Å²) < 4.78 is 29.2. The number of ketones is 1. The van der Waals surface area contributed by atoms with Gasteiger partial charge in [-0.1, -0.05) is 20.8 Å². The van der Waals surface area contributed by atoms with Crippen molar-refractivity contribution in [1.82, 2.24) is 14.5 Å². The van der Waals surface area contributed by atoms with Crippen LogP contribution in [0, 0.1) is 11.3 Å². The number of rotatable bonds is 5. The standard InChI is InChI=1S/C26H35F2N3O3/c1-25(2,3)15-22(33)23-29-20-14-18(24(34)30-12-8-19(32)9-13-30)4-5-21(20)31(23)16-17-6-10-26(27,28)11-7-17/h4-5,14,17,19,32H,6-13,15-16H2,1-3H3. The number of hydrogen-bond acceptors (Lipinski definition) is 4. The number of benzene rings is 1. The molecule has 8 heteroatoms. The first-order valence-corrected chi connectivity index (χ1v) is 12.3. The SMILES string of the molecule is CC(C)(C)CC(=O)c1nc2cc(C(=O)N3CCC(O)CC3)ccc2n1CC1CCC(F)(F)CC1. The maximum atomic E-state index is 13.7. The van der Waals surface area contributed by atoms with Crippen LogP contribution in [0.2, 0.25) is 0 Å². The van der Waals surface area contributed by atoms with Gasteiger partial charge < -0.3 is 14.6 Å². The zero-order chi connectivity index (χ0) is 24.7. The van der Waals surface area contributed by atoms with E-state index in [1.54, 1.807) is 17.0 Å². The molecule has 34 heavy (non-hydrogen) atoms. The number of imidazole rings is 1. The maximum absolute atomic E-state index is 13.7. The van der Waals surface area contributed by atoms with Gasteiger partial charge in [-0.05, 0) is 55.2 Å². The molecule has 2 aliphatic rings. The van der Waals surface area contributed by atoms with Crippen LogP contribution in [0.3, 0.4) is 0 Å². The fraction of sp³-hybridized carbons (Fsp3) is 0.654. The zero-order valence-corrected chi connectivity index (χ0v) is 20.3. The van der Waals surface area contributed by atoms with Crippen LogP contribution in [0.1, 0.15) is 86.7 Å². The number of aliphatic hydroxyl groups is 1. The van der Waals surface area contributed by atoms with Crippen LogP contribution < -0.4 is 0 Å². The molecule has 1 aliphatic carbocycles. The summed E-state index contributed by atoms with van der Waals surface area (Å²) in [5.74, 6) is -2.39. The molecule has 2 aromatic rings. The predicted octanol–water partition coefficient (Wildman–Crippen LogP) is 5.08. The molecule has 0 bridgehead atoms. The highest BCUT2D eigenvalue weighted by molar-refractivity contribution is 6.00. The number of halogens is 2.